The molecule has 0 aliphatic carbocycles. The molecule has 0 spiro atoms. The van der Waals surface area contributed by atoms with E-state index in [1.54, 1.807) is 18.5 Å². The van der Waals surface area contributed by atoms with Crippen LogP contribution in [0, 0.1) is 11.3 Å². The highest BCUT2D eigenvalue weighted by Crippen LogP contribution is 2.35. The Balaban J connectivity index is 2.03. The number of hydrogen-bond donors (Lipinski definition) is 2. The minimum atomic E-state index is 0.0710. The first-order chi connectivity index (χ1) is 11.7. The van der Waals surface area contributed by atoms with E-state index in [9.17, 15) is 5.26 Å². The zero-order valence-corrected chi connectivity index (χ0v) is 13.6. The number of aromatic amines is 1. The van der Waals surface area contributed by atoms with Gasteiger partial charge in [-0.25, -0.2) is 14.3 Å². The van der Waals surface area contributed by atoms with E-state index < -0.39 is 0 Å². The highest BCUT2D eigenvalue weighted by molar-refractivity contribution is 7.09. The maximum absolute atomic E-state index is 9.22. The molecule has 0 unspecified atom stereocenters. The van der Waals surface area contributed by atoms with Crippen molar-refractivity contribution in [3.8, 4) is 27.9 Å². The fourth-order valence-corrected chi connectivity index (χ4v) is 3.25. The van der Waals surface area contributed by atoms with Crippen LogP contribution in [0.5, 0.6) is 0 Å². The van der Waals surface area contributed by atoms with E-state index in [0.29, 0.717) is 16.4 Å². The Labute approximate surface area is 144 Å². The van der Waals surface area contributed by atoms with Gasteiger partial charge in [0.2, 0.25) is 0 Å². The second kappa shape index (κ2) is 5.56. The van der Waals surface area contributed by atoms with E-state index in [4.69, 9.17) is 17.3 Å². The van der Waals surface area contributed by atoms with Gasteiger partial charge in [-0.1, -0.05) is 11.6 Å². The van der Waals surface area contributed by atoms with E-state index in [2.05, 4.69) is 24.5 Å². The van der Waals surface area contributed by atoms with Crippen LogP contribution in [0.4, 0.5) is 5.82 Å². The van der Waals surface area contributed by atoms with Gasteiger partial charge in [0.05, 0.1) is 27.3 Å². The molecule has 9 heteroatoms. The zero-order chi connectivity index (χ0) is 16.7. The monoisotopic (exact) mass is 353 g/mol. The van der Waals surface area contributed by atoms with Gasteiger partial charge < -0.3 is 5.73 Å². The second-order valence-corrected chi connectivity index (χ2v) is 6.18. The van der Waals surface area contributed by atoms with Crippen LogP contribution in [0.2, 0.25) is 5.02 Å². The van der Waals surface area contributed by atoms with Crippen molar-refractivity contribution in [2.75, 3.05) is 5.73 Å². The van der Waals surface area contributed by atoms with E-state index >= 15 is 0 Å². The number of halogens is 1. The summed E-state index contributed by atoms with van der Waals surface area (Å²) >= 11 is 7.59. The summed E-state index contributed by atoms with van der Waals surface area (Å²) in [7, 11) is 0. The maximum Gasteiger partial charge on any atom is 0.183 e. The lowest BCUT2D eigenvalue weighted by atomic mass is 10.1. The van der Waals surface area contributed by atoms with Crippen LogP contribution in [-0.2, 0) is 0 Å². The molecule has 4 rings (SSSR count). The van der Waals surface area contributed by atoms with Gasteiger partial charge in [-0.05, 0) is 29.7 Å². The van der Waals surface area contributed by atoms with Gasteiger partial charge in [0.25, 0.3) is 0 Å². The Kier molecular flexibility index (Phi) is 3.37. The SMILES string of the molecule is N#Cc1nc(-c2cc(Cl)c3[nH]ncc3c2)c(-c2ccns2)nc1N. The van der Waals surface area contributed by atoms with Crippen LogP contribution in [0.3, 0.4) is 0 Å². The third kappa shape index (κ3) is 2.27. The quantitative estimate of drug-likeness (QED) is 0.571. The molecular formula is C15H8ClN7S. The Bertz CT molecular complexity index is 1100. The minimum Gasteiger partial charge on any atom is -0.381 e. The van der Waals surface area contributed by atoms with Gasteiger partial charge in [0, 0.05) is 17.1 Å². The number of H-pyrrole nitrogens is 1. The van der Waals surface area contributed by atoms with Gasteiger partial charge in [0.15, 0.2) is 11.5 Å². The number of rotatable bonds is 2. The summed E-state index contributed by atoms with van der Waals surface area (Å²) in [6, 6.07) is 7.43. The Hall–Kier alpha value is -3.02. The molecule has 0 atom stereocenters. The predicted molar refractivity (Wildman–Crippen MR) is 92.4 cm³/mol. The van der Waals surface area contributed by atoms with Crippen LogP contribution < -0.4 is 5.73 Å². The van der Waals surface area contributed by atoms with E-state index in [1.165, 1.54) is 11.5 Å². The number of anilines is 1. The molecule has 3 N–H and O–H groups in total. The average Bonchev–Trinajstić information content (AvgIpc) is 3.26. The van der Waals surface area contributed by atoms with Gasteiger partial charge in [0.1, 0.15) is 11.8 Å². The summed E-state index contributed by atoms with van der Waals surface area (Å²) in [6.45, 7) is 0. The summed E-state index contributed by atoms with van der Waals surface area (Å²) in [5, 5.41) is 17.4. The second-order valence-electron chi connectivity index (χ2n) is 4.94. The summed E-state index contributed by atoms with van der Waals surface area (Å²) < 4.78 is 4.09. The maximum atomic E-state index is 9.22. The van der Waals surface area contributed by atoms with Crippen LogP contribution >= 0.6 is 23.1 Å². The predicted octanol–water partition coefficient (Wildman–Crippen LogP) is 3.25. The average molecular weight is 354 g/mol. The molecule has 0 radical (unpaired) electrons. The van der Waals surface area contributed by atoms with E-state index in [0.717, 1.165) is 21.3 Å². The Morgan fingerprint density at radius 3 is 2.88 bits per heavy atom. The number of hydrogen-bond acceptors (Lipinski definition) is 7. The standard InChI is InChI=1S/C15H8ClN7S/c16-9-4-7(3-8-6-19-23-12(8)9)13-14(11-1-2-20-24-11)22-15(18)10(5-17)21-13/h1-4,6H,(H2,18,22)(H,19,23). The first kappa shape index (κ1) is 14.6. The summed E-state index contributed by atoms with van der Waals surface area (Å²) in [6.07, 6.45) is 3.35. The van der Waals surface area contributed by atoms with Crippen molar-refractivity contribution in [3.63, 3.8) is 0 Å². The van der Waals surface area contributed by atoms with Crippen molar-refractivity contribution >= 4 is 39.9 Å². The van der Waals surface area contributed by atoms with Gasteiger partial charge in [-0.2, -0.15) is 10.4 Å². The number of nitrogens with zero attached hydrogens (tertiary/aromatic N) is 5. The largest absolute Gasteiger partial charge is 0.381 e. The molecule has 0 bridgehead atoms. The molecular weight excluding hydrogens is 346 g/mol. The molecule has 0 amide bonds. The fourth-order valence-electron chi connectivity index (χ4n) is 2.39. The molecule has 0 fully saturated rings. The number of benzene rings is 1. The van der Waals surface area contributed by atoms with Crippen molar-refractivity contribution < 1.29 is 0 Å². The molecule has 4 aromatic rings. The van der Waals surface area contributed by atoms with Crippen LogP contribution in [0.25, 0.3) is 32.7 Å². The normalized spacial score (nSPS) is 10.8. The molecule has 3 heterocycles. The van der Waals surface area contributed by atoms with Crippen molar-refractivity contribution in [1.29, 1.82) is 5.26 Å². The van der Waals surface area contributed by atoms with Crippen LogP contribution in [-0.4, -0.2) is 24.5 Å². The lowest BCUT2D eigenvalue weighted by Crippen LogP contribution is -2.02. The molecule has 7 nitrogen and oxygen atoms in total. The van der Waals surface area contributed by atoms with Crippen molar-refractivity contribution in [2.24, 2.45) is 0 Å². The van der Waals surface area contributed by atoms with Crippen molar-refractivity contribution in [1.82, 2.24) is 24.5 Å². The van der Waals surface area contributed by atoms with Crippen molar-refractivity contribution in [2.45, 2.75) is 0 Å². The summed E-state index contributed by atoms with van der Waals surface area (Å²) in [4.78, 5) is 9.55. The first-order valence-electron chi connectivity index (χ1n) is 6.79. The zero-order valence-electron chi connectivity index (χ0n) is 12.0. The lowest BCUT2D eigenvalue weighted by Gasteiger charge is -2.09. The summed E-state index contributed by atoms with van der Waals surface area (Å²) in [5.74, 6) is 0.0835. The van der Waals surface area contributed by atoms with Gasteiger partial charge >= 0.3 is 0 Å². The molecule has 0 aliphatic rings. The minimum absolute atomic E-state index is 0.0710. The number of nitrogens with two attached hydrogens (primary N) is 1. The molecule has 1 aromatic carbocycles. The van der Waals surface area contributed by atoms with Crippen LogP contribution in [0.15, 0.2) is 30.6 Å². The molecule has 0 saturated heterocycles. The van der Waals surface area contributed by atoms with Gasteiger partial charge in [-0.15, -0.1) is 0 Å². The third-order valence-corrected chi connectivity index (χ3v) is 4.53. The topological polar surface area (TPSA) is 117 Å². The lowest BCUT2D eigenvalue weighted by molar-refractivity contribution is 1.12. The molecule has 3 aromatic heterocycles. The highest BCUT2D eigenvalue weighted by atomic mass is 35.5. The van der Waals surface area contributed by atoms with E-state index in [-0.39, 0.29) is 11.5 Å². The van der Waals surface area contributed by atoms with Crippen molar-refractivity contribution in [3.05, 3.63) is 41.3 Å². The molecule has 116 valence electrons. The fraction of sp³-hybridized carbons (Fsp3) is 0. The Morgan fingerprint density at radius 2 is 2.12 bits per heavy atom. The third-order valence-electron chi connectivity index (χ3n) is 3.47. The Morgan fingerprint density at radius 1 is 1.25 bits per heavy atom. The number of nitrogen functional groups attached to an aromatic ring is 1. The number of fused-ring (bicyclic) bond motifs is 1. The molecule has 0 saturated carbocycles. The van der Waals surface area contributed by atoms with Crippen LogP contribution in [0.1, 0.15) is 5.69 Å². The number of aromatic nitrogens is 5. The summed E-state index contributed by atoms with van der Waals surface area (Å²) in [5.41, 5.74) is 8.46. The molecule has 0 aliphatic heterocycles. The highest BCUT2D eigenvalue weighted by Gasteiger charge is 2.18. The number of nitriles is 1. The van der Waals surface area contributed by atoms with Gasteiger partial charge in [-0.3, -0.25) is 5.10 Å². The number of nitrogens with one attached hydrogen (secondary N) is 1. The smallest absolute Gasteiger partial charge is 0.183 e. The van der Waals surface area contributed by atoms with E-state index in [1.807, 2.05) is 18.2 Å². The molecule has 24 heavy (non-hydrogen) atoms. The first-order valence-corrected chi connectivity index (χ1v) is 7.94.